The van der Waals surface area contributed by atoms with E-state index in [1.165, 1.54) is 18.5 Å². The molecule has 11 heteroatoms. The van der Waals surface area contributed by atoms with Crippen LogP contribution in [0.1, 0.15) is 11.3 Å². The van der Waals surface area contributed by atoms with Gasteiger partial charge < -0.3 is 5.11 Å². The lowest BCUT2D eigenvalue weighted by atomic mass is 9.80. The second kappa shape index (κ2) is 6.82. The average Bonchev–Trinajstić information content (AvgIpc) is 3.22. The van der Waals surface area contributed by atoms with Gasteiger partial charge in [0.05, 0.1) is 6.54 Å². The Balaban J connectivity index is 1.58. The molecule has 156 valence electrons. The maximum atomic E-state index is 15.7. The lowest BCUT2D eigenvalue weighted by Gasteiger charge is -2.39. The summed E-state index contributed by atoms with van der Waals surface area (Å²) < 4.78 is 46.2. The highest BCUT2D eigenvalue weighted by atomic mass is 35.5. The number of alkyl halides is 2. The Bertz CT molecular complexity index is 1280. The first kappa shape index (κ1) is 19.6. The normalized spacial score (nSPS) is 17.8. The van der Waals surface area contributed by atoms with E-state index in [1.54, 1.807) is 12.1 Å². The molecule has 5 rings (SSSR count). The molecule has 0 saturated carbocycles. The van der Waals surface area contributed by atoms with E-state index in [-0.39, 0.29) is 17.0 Å². The summed E-state index contributed by atoms with van der Waals surface area (Å²) in [4.78, 5) is 7.85. The van der Waals surface area contributed by atoms with Crippen molar-refractivity contribution in [2.75, 3.05) is 0 Å². The van der Waals surface area contributed by atoms with Crippen molar-refractivity contribution in [3.8, 4) is 22.5 Å². The van der Waals surface area contributed by atoms with Crippen LogP contribution in [0.2, 0.25) is 5.15 Å². The van der Waals surface area contributed by atoms with Crippen molar-refractivity contribution in [3.05, 3.63) is 77.1 Å². The highest BCUT2D eigenvalue weighted by molar-refractivity contribution is 6.29. The largest absolute Gasteiger partial charge is 0.377 e. The van der Waals surface area contributed by atoms with Gasteiger partial charge in [0.15, 0.2) is 11.4 Å². The molecule has 3 aromatic heterocycles. The van der Waals surface area contributed by atoms with Gasteiger partial charge in [0.1, 0.15) is 16.7 Å². The summed E-state index contributed by atoms with van der Waals surface area (Å²) in [5, 5.41) is 22.4. The summed E-state index contributed by atoms with van der Waals surface area (Å²) in [7, 11) is 0. The lowest BCUT2D eigenvalue weighted by Crippen LogP contribution is -2.49. The first-order valence-electron chi connectivity index (χ1n) is 9.05. The Labute approximate surface area is 178 Å². The molecule has 0 radical (unpaired) electrons. The third-order valence-electron chi connectivity index (χ3n) is 5.24. The summed E-state index contributed by atoms with van der Waals surface area (Å²) >= 11 is 5.77. The van der Waals surface area contributed by atoms with Gasteiger partial charge in [-0.05, 0) is 40.8 Å². The molecule has 0 spiro atoms. The van der Waals surface area contributed by atoms with E-state index in [9.17, 15) is 9.50 Å². The van der Waals surface area contributed by atoms with E-state index in [2.05, 4.69) is 25.5 Å². The molecule has 0 amide bonds. The molecule has 1 N–H and O–H groups in total. The number of nitrogens with zero attached hydrogens (tertiary/aromatic N) is 6. The van der Waals surface area contributed by atoms with Crippen molar-refractivity contribution in [3.63, 3.8) is 0 Å². The molecule has 0 fully saturated rings. The van der Waals surface area contributed by atoms with Gasteiger partial charge >= 0.3 is 5.92 Å². The third kappa shape index (κ3) is 2.98. The zero-order valence-corrected chi connectivity index (χ0v) is 16.3. The van der Waals surface area contributed by atoms with E-state index < -0.39 is 29.6 Å². The van der Waals surface area contributed by atoms with Gasteiger partial charge in [-0.15, -0.1) is 5.10 Å². The molecule has 1 aliphatic heterocycles. The molecular formula is C20H12ClF3N6O. The first-order valence-corrected chi connectivity index (χ1v) is 9.42. The fourth-order valence-electron chi connectivity index (χ4n) is 3.65. The quantitative estimate of drug-likeness (QED) is 0.486. The number of halogens is 4. The van der Waals surface area contributed by atoms with Crippen LogP contribution in [-0.4, -0.2) is 35.3 Å². The van der Waals surface area contributed by atoms with Gasteiger partial charge in [0.25, 0.3) is 0 Å². The van der Waals surface area contributed by atoms with Crippen molar-refractivity contribution in [1.82, 2.24) is 30.2 Å². The highest BCUT2D eigenvalue weighted by Crippen LogP contribution is 2.50. The predicted octanol–water partition coefficient (Wildman–Crippen LogP) is 3.58. The second-order valence-corrected chi connectivity index (χ2v) is 7.47. The zero-order chi connectivity index (χ0) is 21.8. The summed E-state index contributed by atoms with van der Waals surface area (Å²) in [6, 6.07) is 8.96. The van der Waals surface area contributed by atoms with E-state index >= 15 is 8.78 Å². The lowest BCUT2D eigenvalue weighted by molar-refractivity contribution is -0.207. The van der Waals surface area contributed by atoms with Gasteiger partial charge in [0.2, 0.25) is 0 Å². The number of tetrazole rings is 1. The molecule has 1 aromatic carbocycles. The maximum Gasteiger partial charge on any atom is 0.323 e. The number of aromatic nitrogens is 6. The molecule has 4 aromatic rings. The van der Waals surface area contributed by atoms with E-state index in [0.717, 1.165) is 28.9 Å². The van der Waals surface area contributed by atoms with Crippen LogP contribution in [0.4, 0.5) is 13.2 Å². The van der Waals surface area contributed by atoms with Crippen LogP contribution in [0, 0.1) is 5.82 Å². The standard InChI is InChI=1S/C20H12ClF3N6O/c21-17-6-2-12(9-26-17)11-1-5-16(25-8-11)20(23,24)19(31)10-30-18(27-28-29-30)14-7-13(22)3-4-15(14)19/h1-9,31H,10H2. The fourth-order valence-corrected chi connectivity index (χ4v) is 3.76. The van der Waals surface area contributed by atoms with Crippen molar-refractivity contribution < 1.29 is 18.3 Å². The Morgan fingerprint density at radius 3 is 2.45 bits per heavy atom. The second-order valence-electron chi connectivity index (χ2n) is 7.09. The smallest absolute Gasteiger partial charge is 0.323 e. The molecule has 0 bridgehead atoms. The van der Waals surface area contributed by atoms with Crippen LogP contribution in [0.5, 0.6) is 0 Å². The molecule has 7 nitrogen and oxygen atoms in total. The fraction of sp³-hybridized carbons (Fsp3) is 0.150. The van der Waals surface area contributed by atoms with E-state index in [1.807, 2.05) is 0 Å². The first-order chi connectivity index (χ1) is 14.8. The van der Waals surface area contributed by atoms with Crippen molar-refractivity contribution >= 4 is 11.6 Å². The van der Waals surface area contributed by atoms with Crippen LogP contribution in [0.25, 0.3) is 22.5 Å². The van der Waals surface area contributed by atoms with E-state index in [0.29, 0.717) is 16.3 Å². The van der Waals surface area contributed by atoms with Crippen molar-refractivity contribution in [2.24, 2.45) is 0 Å². The Morgan fingerprint density at radius 2 is 1.77 bits per heavy atom. The number of hydrogen-bond donors (Lipinski definition) is 1. The number of hydrogen-bond acceptors (Lipinski definition) is 6. The van der Waals surface area contributed by atoms with Crippen molar-refractivity contribution in [1.29, 1.82) is 0 Å². The molecule has 1 unspecified atom stereocenters. The summed E-state index contributed by atoms with van der Waals surface area (Å²) in [6.07, 6.45) is 2.75. The van der Waals surface area contributed by atoms with Gasteiger partial charge in [-0.2, -0.15) is 8.78 Å². The third-order valence-corrected chi connectivity index (χ3v) is 5.47. The Morgan fingerprint density at radius 1 is 1.03 bits per heavy atom. The number of benzene rings is 1. The van der Waals surface area contributed by atoms with Crippen LogP contribution in [0.15, 0.2) is 54.9 Å². The molecule has 4 heterocycles. The summed E-state index contributed by atoms with van der Waals surface area (Å²) in [5.41, 5.74) is -2.43. The molecular weight excluding hydrogens is 433 g/mol. The molecule has 0 saturated heterocycles. The molecule has 1 aliphatic rings. The van der Waals surface area contributed by atoms with Crippen LogP contribution >= 0.6 is 11.6 Å². The minimum atomic E-state index is -3.85. The van der Waals surface area contributed by atoms with Crippen molar-refractivity contribution in [2.45, 2.75) is 18.1 Å². The minimum Gasteiger partial charge on any atom is -0.377 e. The van der Waals surface area contributed by atoms with Gasteiger partial charge in [-0.3, -0.25) is 4.98 Å². The molecule has 1 atom stereocenters. The van der Waals surface area contributed by atoms with Crippen LogP contribution < -0.4 is 0 Å². The molecule has 31 heavy (non-hydrogen) atoms. The zero-order valence-electron chi connectivity index (χ0n) is 15.5. The van der Waals surface area contributed by atoms with Crippen LogP contribution in [-0.2, 0) is 18.1 Å². The topological polar surface area (TPSA) is 89.6 Å². The summed E-state index contributed by atoms with van der Waals surface area (Å²) in [5.74, 6) is -4.42. The maximum absolute atomic E-state index is 15.7. The number of rotatable bonds is 3. The monoisotopic (exact) mass is 444 g/mol. The van der Waals surface area contributed by atoms with Gasteiger partial charge in [-0.25, -0.2) is 14.1 Å². The highest BCUT2D eigenvalue weighted by Gasteiger charge is 2.59. The average molecular weight is 445 g/mol. The predicted molar refractivity (Wildman–Crippen MR) is 103 cm³/mol. The molecule has 0 aliphatic carbocycles. The Kier molecular flexibility index (Phi) is 4.31. The summed E-state index contributed by atoms with van der Waals surface area (Å²) in [6.45, 7) is -0.633. The van der Waals surface area contributed by atoms with Gasteiger partial charge in [0, 0.05) is 34.6 Å². The number of pyridine rings is 2. The SMILES string of the molecule is OC1(C(F)(F)c2ccc(-c3ccc(Cl)nc3)cn2)Cn2nnnc2-c2cc(F)ccc21. The van der Waals surface area contributed by atoms with E-state index in [4.69, 9.17) is 11.6 Å². The number of fused-ring (bicyclic) bond motifs is 3. The minimum absolute atomic E-state index is 0.0118. The Hall–Kier alpha value is -3.37. The number of aliphatic hydroxyl groups is 1. The van der Waals surface area contributed by atoms with Gasteiger partial charge in [-0.1, -0.05) is 23.7 Å². The van der Waals surface area contributed by atoms with Crippen LogP contribution in [0.3, 0.4) is 0 Å².